The van der Waals surface area contributed by atoms with Crippen molar-refractivity contribution in [3.63, 3.8) is 0 Å². The number of hydrogen-bond acceptors (Lipinski definition) is 8. The zero-order valence-corrected chi connectivity index (χ0v) is 21.6. The lowest BCUT2D eigenvalue weighted by Gasteiger charge is -2.32. The van der Waals surface area contributed by atoms with Gasteiger partial charge in [-0.1, -0.05) is 36.4 Å². The maximum absolute atomic E-state index is 11.6. The number of ether oxygens (including phenoxy) is 1. The number of carbonyl (C=O) groups is 1. The molecule has 0 spiro atoms. The van der Waals surface area contributed by atoms with Crippen LogP contribution in [0.5, 0.6) is 11.5 Å². The van der Waals surface area contributed by atoms with Crippen molar-refractivity contribution in [2.45, 2.75) is 19.3 Å². The monoisotopic (exact) mass is 511 g/mol. The van der Waals surface area contributed by atoms with Crippen LogP contribution in [0.1, 0.15) is 19.3 Å². The van der Waals surface area contributed by atoms with Gasteiger partial charge in [-0.15, -0.1) is 0 Å². The van der Waals surface area contributed by atoms with Crippen LogP contribution >= 0.6 is 0 Å². The van der Waals surface area contributed by atoms with Gasteiger partial charge in [0.1, 0.15) is 41.1 Å². The minimum atomic E-state index is -0.335. The molecule has 1 aromatic heterocycles. The Balaban J connectivity index is 1.31. The molecule has 9 heteroatoms. The molecular weight excluding hydrogens is 478 g/mol. The lowest BCUT2D eigenvalue weighted by molar-refractivity contribution is -0.116. The summed E-state index contributed by atoms with van der Waals surface area (Å²) in [6.45, 7) is 3.58. The molecule has 2 aromatic carbocycles. The number of nitrogens with two attached hydrogens (primary N) is 1. The normalized spacial score (nSPS) is 14.5. The number of para-hydroxylation sites is 1. The van der Waals surface area contributed by atoms with Crippen LogP contribution in [0, 0.1) is 17.2 Å². The molecule has 4 rings (SSSR count). The molecule has 2 heterocycles. The maximum Gasteiger partial charge on any atom is 0.261 e. The zero-order chi connectivity index (χ0) is 26.7. The highest BCUT2D eigenvalue weighted by molar-refractivity contribution is 5.96. The molecule has 38 heavy (non-hydrogen) atoms. The van der Waals surface area contributed by atoms with Crippen LogP contribution in [-0.4, -0.2) is 54.0 Å². The standard InChI is InChI=1S/C29H33N7O2/c1-32-29(37)23(18-30)6-5-15-36-16-13-21(14-17-36)19-33-28-26(27(31)34-20-35-28)22-9-11-25(12-10-22)38-24-7-3-2-4-8-24/h2-4,6-12,20-21H,5,13-17,19H2,1H3,(H,32,37)(H3,31,33,34,35)/b23-6-. The molecule has 1 aliphatic rings. The first-order chi connectivity index (χ1) is 18.6. The Morgan fingerprint density at radius 1 is 1.13 bits per heavy atom. The molecule has 1 aliphatic heterocycles. The second kappa shape index (κ2) is 13.2. The Kier molecular flexibility index (Phi) is 9.27. The minimum absolute atomic E-state index is 0.171. The van der Waals surface area contributed by atoms with Crippen LogP contribution < -0.4 is 21.1 Å². The smallest absolute Gasteiger partial charge is 0.261 e. The Hall–Kier alpha value is -4.42. The summed E-state index contributed by atoms with van der Waals surface area (Å²) in [7, 11) is 1.53. The van der Waals surface area contributed by atoms with Crippen molar-refractivity contribution in [1.29, 1.82) is 5.26 Å². The van der Waals surface area contributed by atoms with E-state index in [1.165, 1.54) is 13.4 Å². The van der Waals surface area contributed by atoms with Crippen molar-refractivity contribution in [2.24, 2.45) is 5.92 Å². The topological polar surface area (TPSA) is 129 Å². The summed E-state index contributed by atoms with van der Waals surface area (Å²) >= 11 is 0. The summed E-state index contributed by atoms with van der Waals surface area (Å²) in [6, 6.07) is 19.4. The Morgan fingerprint density at radius 2 is 1.84 bits per heavy atom. The Labute approximate surface area is 223 Å². The first-order valence-electron chi connectivity index (χ1n) is 12.8. The number of amides is 1. The molecule has 0 bridgehead atoms. The van der Waals surface area contributed by atoms with Gasteiger partial charge in [-0.3, -0.25) is 4.79 Å². The van der Waals surface area contributed by atoms with E-state index in [4.69, 9.17) is 15.7 Å². The molecule has 1 saturated heterocycles. The van der Waals surface area contributed by atoms with E-state index in [1.807, 2.05) is 60.7 Å². The third kappa shape index (κ3) is 7.08. The minimum Gasteiger partial charge on any atom is -0.457 e. The average molecular weight is 512 g/mol. The van der Waals surface area contributed by atoms with Gasteiger partial charge in [-0.25, -0.2) is 9.97 Å². The Bertz CT molecular complexity index is 1280. The van der Waals surface area contributed by atoms with Gasteiger partial charge in [-0.05, 0) is 68.1 Å². The molecule has 9 nitrogen and oxygen atoms in total. The van der Waals surface area contributed by atoms with Crippen molar-refractivity contribution in [1.82, 2.24) is 20.2 Å². The number of likely N-dealkylation sites (tertiary alicyclic amines) is 1. The van der Waals surface area contributed by atoms with Crippen molar-refractivity contribution in [3.05, 3.63) is 72.6 Å². The van der Waals surface area contributed by atoms with Crippen molar-refractivity contribution < 1.29 is 9.53 Å². The highest BCUT2D eigenvalue weighted by Crippen LogP contribution is 2.33. The summed E-state index contributed by atoms with van der Waals surface area (Å²) < 4.78 is 5.91. The predicted octanol–water partition coefficient (Wildman–Crippen LogP) is 4.23. The summed E-state index contributed by atoms with van der Waals surface area (Å²) in [4.78, 5) is 22.7. The SMILES string of the molecule is CNC(=O)/C(C#N)=C\CCN1CCC(CNc2ncnc(N)c2-c2ccc(Oc3ccccc3)cc2)CC1. The largest absolute Gasteiger partial charge is 0.457 e. The number of likely N-dealkylation sites (N-methyl/N-ethyl adjacent to an activating group) is 1. The number of benzene rings is 2. The second-order valence-electron chi connectivity index (χ2n) is 9.19. The molecule has 1 fully saturated rings. The fourth-order valence-corrected chi connectivity index (χ4v) is 4.50. The van der Waals surface area contributed by atoms with E-state index in [1.54, 1.807) is 6.08 Å². The lowest BCUT2D eigenvalue weighted by Crippen LogP contribution is -2.36. The zero-order valence-electron chi connectivity index (χ0n) is 21.6. The van der Waals surface area contributed by atoms with Crippen molar-refractivity contribution in [3.8, 4) is 28.7 Å². The van der Waals surface area contributed by atoms with E-state index in [9.17, 15) is 4.79 Å². The molecule has 4 N–H and O–H groups in total. The van der Waals surface area contributed by atoms with Crippen LogP contribution in [0.15, 0.2) is 72.6 Å². The average Bonchev–Trinajstić information content (AvgIpc) is 2.95. The highest BCUT2D eigenvalue weighted by Gasteiger charge is 2.20. The molecule has 3 aromatic rings. The summed E-state index contributed by atoms with van der Waals surface area (Å²) in [6.07, 6.45) is 5.99. The number of hydrogen-bond donors (Lipinski definition) is 3. The van der Waals surface area contributed by atoms with Crippen LogP contribution in [0.25, 0.3) is 11.1 Å². The first-order valence-corrected chi connectivity index (χ1v) is 12.8. The van der Waals surface area contributed by atoms with Gasteiger partial charge in [0.2, 0.25) is 0 Å². The number of nitrogen functional groups attached to an aromatic ring is 1. The molecule has 0 radical (unpaired) electrons. The molecule has 0 aliphatic carbocycles. The molecule has 0 atom stereocenters. The van der Waals surface area contributed by atoms with E-state index < -0.39 is 0 Å². The quantitative estimate of drug-likeness (QED) is 0.272. The number of nitrogens with zero attached hydrogens (tertiary/aromatic N) is 4. The van der Waals surface area contributed by atoms with Crippen molar-refractivity contribution >= 4 is 17.5 Å². The summed E-state index contributed by atoms with van der Waals surface area (Å²) in [5.74, 6) is 2.84. The summed E-state index contributed by atoms with van der Waals surface area (Å²) in [5, 5.41) is 15.1. The Morgan fingerprint density at radius 3 is 2.53 bits per heavy atom. The lowest BCUT2D eigenvalue weighted by atomic mass is 9.96. The van der Waals surface area contributed by atoms with E-state index in [0.29, 0.717) is 18.2 Å². The van der Waals surface area contributed by atoms with E-state index in [0.717, 1.165) is 67.5 Å². The maximum atomic E-state index is 11.6. The fourth-order valence-electron chi connectivity index (χ4n) is 4.50. The molecular formula is C29H33N7O2. The highest BCUT2D eigenvalue weighted by atomic mass is 16.5. The van der Waals surface area contributed by atoms with Crippen molar-refractivity contribution in [2.75, 3.05) is 44.3 Å². The number of anilines is 2. The van der Waals surface area contributed by atoms with E-state index in [-0.39, 0.29) is 11.5 Å². The second-order valence-corrected chi connectivity index (χ2v) is 9.19. The molecule has 1 amide bonds. The molecule has 0 unspecified atom stereocenters. The first kappa shape index (κ1) is 26.6. The number of aromatic nitrogens is 2. The molecule has 196 valence electrons. The van der Waals surface area contributed by atoms with Crippen LogP contribution in [0.2, 0.25) is 0 Å². The van der Waals surface area contributed by atoms with Crippen LogP contribution in [0.4, 0.5) is 11.6 Å². The predicted molar refractivity (Wildman–Crippen MR) is 148 cm³/mol. The third-order valence-corrected chi connectivity index (χ3v) is 6.65. The molecule has 0 saturated carbocycles. The number of nitrogens with one attached hydrogen (secondary N) is 2. The van der Waals surface area contributed by atoms with Gasteiger partial charge in [0.15, 0.2) is 0 Å². The van der Waals surface area contributed by atoms with Gasteiger partial charge in [0, 0.05) is 20.1 Å². The van der Waals surface area contributed by atoms with Gasteiger partial charge in [0.25, 0.3) is 5.91 Å². The third-order valence-electron chi connectivity index (χ3n) is 6.65. The van der Waals surface area contributed by atoms with Gasteiger partial charge >= 0.3 is 0 Å². The van der Waals surface area contributed by atoms with Gasteiger partial charge < -0.3 is 26.0 Å². The number of rotatable bonds is 10. The van der Waals surface area contributed by atoms with Gasteiger partial charge in [-0.2, -0.15) is 5.26 Å². The fraction of sp³-hybridized carbons (Fsp3) is 0.310. The van der Waals surface area contributed by atoms with E-state index >= 15 is 0 Å². The van der Waals surface area contributed by atoms with Gasteiger partial charge in [0.05, 0.1) is 5.56 Å². The number of nitriles is 1. The van der Waals surface area contributed by atoms with Crippen LogP contribution in [0.3, 0.4) is 0 Å². The van der Waals surface area contributed by atoms with E-state index in [2.05, 4.69) is 25.5 Å². The number of carbonyl (C=O) groups excluding carboxylic acids is 1. The van der Waals surface area contributed by atoms with Crippen LogP contribution in [-0.2, 0) is 4.79 Å². The summed E-state index contributed by atoms with van der Waals surface area (Å²) in [5.41, 5.74) is 8.14. The number of piperidine rings is 1.